The Kier molecular flexibility index (Phi) is 6.01. The molecule has 0 unspecified atom stereocenters. The van der Waals surface area contributed by atoms with Crippen LogP contribution in [0.3, 0.4) is 0 Å². The fraction of sp³-hybridized carbons (Fsp3) is 0.0612. The van der Waals surface area contributed by atoms with E-state index in [1.165, 1.54) is 33.0 Å². The van der Waals surface area contributed by atoms with Crippen LogP contribution in [0.1, 0.15) is 25.0 Å². The number of hydrogen-bond donors (Lipinski definition) is 0. The lowest BCUT2D eigenvalue weighted by atomic mass is 9.82. The lowest BCUT2D eigenvalue weighted by Crippen LogP contribution is -2.16. The first-order valence-electron chi connectivity index (χ1n) is 17.9. The highest BCUT2D eigenvalue weighted by atomic mass is 16.3. The van der Waals surface area contributed by atoms with Crippen LogP contribution >= 0.6 is 0 Å². The summed E-state index contributed by atoms with van der Waals surface area (Å²) in [6, 6.07) is 58.8. The van der Waals surface area contributed by atoms with Crippen molar-refractivity contribution < 1.29 is 8.83 Å². The fourth-order valence-electron chi connectivity index (χ4n) is 8.79. The first kappa shape index (κ1) is 29.2. The number of hydrogen-bond acceptors (Lipinski definition) is 3. The fourth-order valence-corrected chi connectivity index (χ4v) is 8.79. The third-order valence-corrected chi connectivity index (χ3v) is 11.2. The van der Waals surface area contributed by atoms with Gasteiger partial charge in [-0.05, 0) is 81.7 Å². The molecule has 8 aromatic carbocycles. The van der Waals surface area contributed by atoms with E-state index in [0.29, 0.717) is 0 Å². The SMILES string of the molecule is CC1(C)c2ccccc2-c2ccc(N(c3cc(-c4ccccc4)c4oc5ccc6oc7ccccc7c6c5c4c3)c3cccc4ccccc34)cc21. The van der Waals surface area contributed by atoms with Crippen molar-refractivity contribution in [3.05, 3.63) is 175 Å². The second kappa shape index (κ2) is 10.7. The molecule has 0 saturated heterocycles. The van der Waals surface area contributed by atoms with Gasteiger partial charge >= 0.3 is 0 Å². The molecule has 3 nitrogen and oxygen atoms in total. The number of anilines is 3. The van der Waals surface area contributed by atoms with E-state index in [0.717, 1.165) is 72.1 Å². The summed E-state index contributed by atoms with van der Waals surface area (Å²) >= 11 is 0. The van der Waals surface area contributed by atoms with Crippen LogP contribution in [0.5, 0.6) is 0 Å². The second-order valence-electron chi connectivity index (χ2n) is 14.5. The normalized spacial score (nSPS) is 13.3. The van der Waals surface area contributed by atoms with Gasteiger partial charge in [0.15, 0.2) is 0 Å². The van der Waals surface area contributed by atoms with Crippen LogP contribution in [0.15, 0.2) is 173 Å². The van der Waals surface area contributed by atoms with Crippen molar-refractivity contribution in [3.63, 3.8) is 0 Å². The van der Waals surface area contributed by atoms with Gasteiger partial charge in [-0.15, -0.1) is 0 Å². The Bertz CT molecular complexity index is 3050. The van der Waals surface area contributed by atoms with E-state index in [1.54, 1.807) is 0 Å². The van der Waals surface area contributed by atoms with Gasteiger partial charge in [-0.2, -0.15) is 0 Å². The average Bonchev–Trinajstić information content (AvgIpc) is 3.83. The molecule has 246 valence electrons. The highest BCUT2D eigenvalue weighted by molar-refractivity contribution is 6.27. The highest BCUT2D eigenvalue weighted by Crippen LogP contribution is 2.52. The van der Waals surface area contributed by atoms with Crippen molar-refractivity contribution in [2.75, 3.05) is 4.90 Å². The van der Waals surface area contributed by atoms with Gasteiger partial charge in [0.05, 0.1) is 5.69 Å². The van der Waals surface area contributed by atoms with Gasteiger partial charge in [-0.3, -0.25) is 0 Å². The number of rotatable bonds is 4. The van der Waals surface area contributed by atoms with Crippen LogP contribution in [0.4, 0.5) is 17.1 Å². The molecule has 0 atom stereocenters. The lowest BCUT2D eigenvalue weighted by molar-refractivity contribution is 0.660. The van der Waals surface area contributed by atoms with Gasteiger partial charge in [0.1, 0.15) is 22.3 Å². The average molecular weight is 668 g/mol. The van der Waals surface area contributed by atoms with Crippen molar-refractivity contribution in [2.24, 2.45) is 0 Å². The molecule has 0 fully saturated rings. The molecule has 0 radical (unpaired) electrons. The maximum absolute atomic E-state index is 6.84. The molecule has 1 aliphatic carbocycles. The molecule has 0 bridgehead atoms. The Morgan fingerprint density at radius 3 is 2.02 bits per heavy atom. The van der Waals surface area contributed by atoms with Crippen LogP contribution in [-0.4, -0.2) is 0 Å². The molecule has 2 aromatic heterocycles. The van der Waals surface area contributed by atoms with E-state index < -0.39 is 0 Å². The molecule has 0 amide bonds. The van der Waals surface area contributed by atoms with E-state index >= 15 is 0 Å². The van der Waals surface area contributed by atoms with Crippen molar-refractivity contribution in [1.82, 2.24) is 0 Å². The topological polar surface area (TPSA) is 29.5 Å². The van der Waals surface area contributed by atoms with E-state index in [1.807, 2.05) is 18.2 Å². The van der Waals surface area contributed by atoms with E-state index in [2.05, 4.69) is 164 Å². The molecule has 0 saturated carbocycles. The molecule has 1 aliphatic rings. The minimum absolute atomic E-state index is 0.139. The summed E-state index contributed by atoms with van der Waals surface area (Å²) in [6.07, 6.45) is 0. The number of furan rings is 2. The lowest BCUT2D eigenvalue weighted by Gasteiger charge is -2.29. The number of fused-ring (bicyclic) bond motifs is 11. The van der Waals surface area contributed by atoms with Gasteiger partial charge in [-0.25, -0.2) is 0 Å². The molecule has 0 aliphatic heterocycles. The first-order chi connectivity index (χ1) is 25.5. The Morgan fingerprint density at radius 1 is 0.442 bits per heavy atom. The summed E-state index contributed by atoms with van der Waals surface area (Å²) in [5, 5.41) is 6.68. The third-order valence-electron chi connectivity index (χ3n) is 11.2. The van der Waals surface area contributed by atoms with Crippen LogP contribution in [0.25, 0.3) is 76.9 Å². The quantitative estimate of drug-likeness (QED) is 0.187. The number of nitrogens with zero attached hydrogens (tertiary/aromatic N) is 1. The second-order valence-corrected chi connectivity index (χ2v) is 14.5. The van der Waals surface area contributed by atoms with E-state index in [9.17, 15) is 0 Å². The summed E-state index contributed by atoms with van der Waals surface area (Å²) < 4.78 is 13.2. The molecule has 11 rings (SSSR count). The van der Waals surface area contributed by atoms with Gasteiger partial charge in [-0.1, -0.05) is 129 Å². The largest absolute Gasteiger partial charge is 0.456 e. The Balaban J connectivity index is 1.26. The summed E-state index contributed by atoms with van der Waals surface area (Å²) in [7, 11) is 0. The molecule has 3 heteroatoms. The summed E-state index contributed by atoms with van der Waals surface area (Å²) in [5.74, 6) is 0. The molecule has 52 heavy (non-hydrogen) atoms. The zero-order valence-electron chi connectivity index (χ0n) is 28.9. The van der Waals surface area contributed by atoms with Crippen LogP contribution < -0.4 is 4.90 Å². The predicted molar refractivity (Wildman–Crippen MR) is 216 cm³/mol. The van der Waals surface area contributed by atoms with Gasteiger partial charge in [0, 0.05) is 49.3 Å². The van der Waals surface area contributed by atoms with Crippen molar-refractivity contribution >= 4 is 71.7 Å². The van der Waals surface area contributed by atoms with Crippen molar-refractivity contribution in [2.45, 2.75) is 19.3 Å². The Labute approximate surface area is 301 Å². The summed E-state index contributed by atoms with van der Waals surface area (Å²) in [4.78, 5) is 2.44. The van der Waals surface area contributed by atoms with Gasteiger partial charge < -0.3 is 13.7 Å². The van der Waals surface area contributed by atoms with Crippen LogP contribution in [0.2, 0.25) is 0 Å². The molecule has 0 spiro atoms. The van der Waals surface area contributed by atoms with Crippen LogP contribution in [0, 0.1) is 0 Å². The van der Waals surface area contributed by atoms with Crippen LogP contribution in [-0.2, 0) is 5.41 Å². The third kappa shape index (κ3) is 4.08. The van der Waals surface area contributed by atoms with Gasteiger partial charge in [0.2, 0.25) is 0 Å². The molecular weight excluding hydrogens is 635 g/mol. The van der Waals surface area contributed by atoms with Crippen molar-refractivity contribution in [3.8, 4) is 22.3 Å². The summed E-state index contributed by atoms with van der Waals surface area (Å²) in [5.41, 5.74) is 14.1. The molecule has 2 heterocycles. The highest BCUT2D eigenvalue weighted by Gasteiger charge is 2.36. The molecule has 10 aromatic rings. The maximum Gasteiger partial charge on any atom is 0.143 e. The smallest absolute Gasteiger partial charge is 0.143 e. The standard InChI is InChI=1S/C49H33NO2/c1-49(2)40-20-10-8-18-35(40)36-24-23-32(29-41(36)49)50(42-21-12-16-30-15-6-7-17-34(30)42)33-27-38(31-13-4-3-5-14-31)48-39(28-33)47-45(52-48)26-25-44-46(47)37-19-9-11-22-43(37)51-44/h3-29H,1-2H3. The Hall–Kier alpha value is -6.58. The first-order valence-corrected chi connectivity index (χ1v) is 17.9. The number of para-hydroxylation sites is 1. The minimum atomic E-state index is -0.139. The summed E-state index contributed by atoms with van der Waals surface area (Å²) in [6.45, 7) is 4.70. The molecular formula is C49H33NO2. The predicted octanol–water partition coefficient (Wildman–Crippen LogP) is 14.1. The van der Waals surface area contributed by atoms with Crippen molar-refractivity contribution in [1.29, 1.82) is 0 Å². The maximum atomic E-state index is 6.84. The number of benzene rings is 8. The molecule has 0 N–H and O–H groups in total. The monoisotopic (exact) mass is 667 g/mol. The minimum Gasteiger partial charge on any atom is -0.456 e. The zero-order valence-corrected chi connectivity index (χ0v) is 28.9. The van der Waals surface area contributed by atoms with Gasteiger partial charge in [0.25, 0.3) is 0 Å². The van der Waals surface area contributed by atoms with E-state index in [-0.39, 0.29) is 5.41 Å². The zero-order chi connectivity index (χ0) is 34.6. The van der Waals surface area contributed by atoms with E-state index in [4.69, 9.17) is 8.83 Å². The Morgan fingerprint density at radius 2 is 1.13 bits per heavy atom.